The first-order valence-electron chi connectivity index (χ1n) is 10.5. The quantitative estimate of drug-likeness (QED) is 0.335. The number of rotatable bonds is 5. The average Bonchev–Trinajstić information content (AvgIpc) is 3.48. The molecule has 9 heteroatoms. The van der Waals surface area contributed by atoms with E-state index in [1.807, 2.05) is 43.5 Å². The summed E-state index contributed by atoms with van der Waals surface area (Å²) in [6, 6.07) is 17.1. The van der Waals surface area contributed by atoms with E-state index in [0.29, 0.717) is 11.3 Å². The Morgan fingerprint density at radius 2 is 1.94 bits per heavy atom. The van der Waals surface area contributed by atoms with Gasteiger partial charge >= 0.3 is 0 Å². The van der Waals surface area contributed by atoms with Crippen LogP contribution in [0.15, 0.2) is 65.8 Å². The molecular weight excluding hydrogens is 466 g/mol. The van der Waals surface area contributed by atoms with Gasteiger partial charge in [-0.25, -0.2) is 17.7 Å². The van der Waals surface area contributed by atoms with Crippen LogP contribution < -0.4 is 5.32 Å². The van der Waals surface area contributed by atoms with Crippen LogP contribution in [0.25, 0.3) is 31.6 Å². The van der Waals surface area contributed by atoms with E-state index in [9.17, 15) is 13.7 Å². The number of benzene rings is 2. The molecule has 0 amide bonds. The maximum absolute atomic E-state index is 12.6. The van der Waals surface area contributed by atoms with Crippen LogP contribution in [0.1, 0.15) is 11.1 Å². The van der Waals surface area contributed by atoms with Crippen LogP contribution in [0.4, 0.5) is 11.4 Å². The minimum Gasteiger partial charge on any atom is -0.361 e. The number of nitriles is 1. The van der Waals surface area contributed by atoms with E-state index in [2.05, 4.69) is 21.4 Å². The fourth-order valence-electron chi connectivity index (χ4n) is 3.93. The maximum Gasteiger partial charge on any atom is 0.242 e. The second kappa shape index (κ2) is 8.25. The Bertz CT molecular complexity index is 1710. The van der Waals surface area contributed by atoms with Gasteiger partial charge in [0, 0.05) is 53.3 Å². The molecule has 34 heavy (non-hydrogen) atoms. The number of nitrogens with one attached hydrogen (secondary N) is 2. The first-order valence-corrected chi connectivity index (χ1v) is 12.7. The number of aryl methyl sites for hydroxylation is 1. The lowest BCUT2D eigenvalue weighted by molar-refractivity contribution is 0.521. The summed E-state index contributed by atoms with van der Waals surface area (Å²) < 4.78 is 26.4. The molecule has 5 aromatic rings. The number of nitrogens with zero attached hydrogens (tertiary/aromatic N) is 3. The highest BCUT2D eigenvalue weighted by atomic mass is 32.2. The zero-order valence-corrected chi connectivity index (χ0v) is 20.4. The molecule has 0 spiro atoms. The minimum atomic E-state index is -3.55. The molecule has 170 valence electrons. The van der Waals surface area contributed by atoms with E-state index in [4.69, 9.17) is 0 Å². The number of pyridine rings is 1. The van der Waals surface area contributed by atoms with Crippen molar-refractivity contribution in [1.29, 1.82) is 5.26 Å². The van der Waals surface area contributed by atoms with E-state index >= 15 is 0 Å². The Hall–Kier alpha value is -3.71. The van der Waals surface area contributed by atoms with Gasteiger partial charge in [-0.05, 0) is 54.4 Å². The van der Waals surface area contributed by atoms with Crippen molar-refractivity contribution in [3.8, 4) is 16.5 Å². The van der Waals surface area contributed by atoms with Crippen molar-refractivity contribution >= 4 is 53.9 Å². The molecule has 7 nitrogen and oxygen atoms in total. The van der Waals surface area contributed by atoms with Gasteiger partial charge in [0.25, 0.3) is 0 Å². The van der Waals surface area contributed by atoms with Gasteiger partial charge in [0.2, 0.25) is 10.0 Å². The van der Waals surface area contributed by atoms with Crippen molar-refractivity contribution in [3.05, 3.63) is 72.1 Å². The molecule has 0 aliphatic heterocycles. The predicted octanol–water partition coefficient (Wildman–Crippen LogP) is 5.62. The lowest BCUT2D eigenvalue weighted by Crippen LogP contribution is -2.22. The third-order valence-corrected chi connectivity index (χ3v) is 8.75. The highest BCUT2D eigenvalue weighted by molar-refractivity contribution is 7.89. The number of thiophene rings is 1. The molecule has 0 fully saturated rings. The summed E-state index contributed by atoms with van der Waals surface area (Å²) >= 11 is 1.46. The normalized spacial score (nSPS) is 11.9. The Morgan fingerprint density at radius 1 is 1.12 bits per heavy atom. The van der Waals surface area contributed by atoms with E-state index < -0.39 is 10.0 Å². The Labute approximate surface area is 201 Å². The van der Waals surface area contributed by atoms with Gasteiger partial charge in [-0.15, -0.1) is 11.3 Å². The molecule has 0 unspecified atom stereocenters. The lowest BCUT2D eigenvalue weighted by atomic mass is 10.1. The molecule has 0 saturated carbocycles. The van der Waals surface area contributed by atoms with Crippen LogP contribution in [-0.2, 0) is 10.0 Å². The summed E-state index contributed by atoms with van der Waals surface area (Å²) in [7, 11) is -0.524. The van der Waals surface area contributed by atoms with Crippen LogP contribution >= 0.6 is 11.3 Å². The molecule has 3 heterocycles. The van der Waals surface area contributed by atoms with E-state index in [1.54, 1.807) is 24.4 Å². The molecule has 2 N–H and O–H groups in total. The summed E-state index contributed by atoms with van der Waals surface area (Å²) in [4.78, 5) is 9.56. The van der Waals surface area contributed by atoms with Crippen molar-refractivity contribution in [1.82, 2.24) is 14.3 Å². The highest BCUT2D eigenvalue weighted by Crippen LogP contribution is 2.39. The monoisotopic (exact) mass is 487 g/mol. The molecule has 0 aliphatic rings. The SMILES string of the molecule is Cc1c(Nc2c(C#N)cnc3sc(-c4cccc(S(=O)(=O)N(C)C)c4)cc23)ccc2[nH]ccc12. The third-order valence-electron chi connectivity index (χ3n) is 5.84. The molecular formula is C25H21N5O2S2. The summed E-state index contributed by atoms with van der Waals surface area (Å²) in [5.74, 6) is 0. The van der Waals surface area contributed by atoms with Crippen LogP contribution in [0.5, 0.6) is 0 Å². The summed E-state index contributed by atoms with van der Waals surface area (Å²) in [6.45, 7) is 2.04. The van der Waals surface area contributed by atoms with E-state index in [-0.39, 0.29) is 4.90 Å². The predicted molar refractivity (Wildman–Crippen MR) is 137 cm³/mol. The van der Waals surface area contributed by atoms with Gasteiger partial charge in [-0.3, -0.25) is 0 Å². The zero-order valence-electron chi connectivity index (χ0n) is 18.7. The Kier molecular flexibility index (Phi) is 5.37. The van der Waals surface area contributed by atoms with Gasteiger partial charge in [0.1, 0.15) is 10.9 Å². The minimum absolute atomic E-state index is 0.229. The molecule has 0 atom stereocenters. The van der Waals surface area contributed by atoms with Crippen molar-refractivity contribution < 1.29 is 8.42 Å². The van der Waals surface area contributed by atoms with Crippen LogP contribution in [0.3, 0.4) is 0 Å². The topological polar surface area (TPSA) is 102 Å². The summed E-state index contributed by atoms with van der Waals surface area (Å²) in [5, 5.41) is 15.1. The number of hydrogen-bond donors (Lipinski definition) is 2. The number of fused-ring (bicyclic) bond motifs is 2. The molecule has 0 saturated heterocycles. The average molecular weight is 488 g/mol. The number of aromatic amines is 1. The number of aromatic nitrogens is 2. The van der Waals surface area contributed by atoms with Crippen molar-refractivity contribution in [2.24, 2.45) is 0 Å². The molecule has 0 radical (unpaired) electrons. The number of H-pyrrole nitrogens is 1. The molecule has 5 rings (SSSR count). The number of anilines is 2. The maximum atomic E-state index is 12.6. The van der Waals surface area contributed by atoms with Gasteiger partial charge in [-0.1, -0.05) is 12.1 Å². The van der Waals surface area contributed by atoms with Crippen molar-refractivity contribution in [2.75, 3.05) is 19.4 Å². The molecule has 0 aliphatic carbocycles. The first-order chi connectivity index (χ1) is 16.3. The Balaban J connectivity index is 1.63. The number of hydrogen-bond acceptors (Lipinski definition) is 6. The molecule has 2 aromatic carbocycles. The summed E-state index contributed by atoms with van der Waals surface area (Å²) in [5.41, 5.74) is 4.93. The summed E-state index contributed by atoms with van der Waals surface area (Å²) in [6.07, 6.45) is 3.48. The fourth-order valence-corrected chi connectivity index (χ4v) is 5.88. The molecule has 0 bridgehead atoms. The van der Waals surface area contributed by atoms with E-state index in [1.165, 1.54) is 29.7 Å². The van der Waals surface area contributed by atoms with Crippen molar-refractivity contribution in [2.45, 2.75) is 11.8 Å². The fraction of sp³-hybridized carbons (Fsp3) is 0.120. The standard InChI is InChI=1S/C25H21N5O2S2/c1-15-19-9-10-27-22(19)8-7-21(15)29-24-17(13-26)14-28-25-20(24)12-23(33-25)16-5-4-6-18(11-16)34(31,32)30(2)3/h4-12,14,27H,1-3H3,(H,28,29). The smallest absolute Gasteiger partial charge is 0.242 e. The number of sulfonamides is 1. The highest BCUT2D eigenvalue weighted by Gasteiger charge is 2.19. The van der Waals surface area contributed by atoms with Gasteiger partial charge in [0.15, 0.2) is 0 Å². The zero-order chi connectivity index (χ0) is 24.0. The van der Waals surface area contributed by atoms with Crippen LogP contribution in [-0.4, -0.2) is 36.8 Å². The van der Waals surface area contributed by atoms with Crippen LogP contribution in [0.2, 0.25) is 0 Å². The second-order valence-corrected chi connectivity index (χ2v) is 11.3. The van der Waals surface area contributed by atoms with Crippen LogP contribution in [0, 0.1) is 18.3 Å². The van der Waals surface area contributed by atoms with Gasteiger partial charge < -0.3 is 10.3 Å². The largest absolute Gasteiger partial charge is 0.361 e. The lowest BCUT2D eigenvalue weighted by Gasteiger charge is -2.13. The Morgan fingerprint density at radius 3 is 2.71 bits per heavy atom. The third kappa shape index (κ3) is 3.62. The van der Waals surface area contributed by atoms with Crippen molar-refractivity contribution in [3.63, 3.8) is 0 Å². The first kappa shape index (κ1) is 22.1. The molecule has 3 aromatic heterocycles. The van der Waals surface area contributed by atoms with Gasteiger partial charge in [0.05, 0.1) is 16.1 Å². The van der Waals surface area contributed by atoms with E-state index in [0.717, 1.165) is 42.8 Å². The second-order valence-electron chi connectivity index (χ2n) is 8.11. The van der Waals surface area contributed by atoms with Gasteiger partial charge in [-0.2, -0.15) is 5.26 Å².